The second kappa shape index (κ2) is 9.65. The van der Waals surface area contributed by atoms with Crippen LogP contribution in [-0.4, -0.2) is 84.3 Å². The Bertz CT molecular complexity index is 965. The van der Waals surface area contributed by atoms with Crippen molar-refractivity contribution >= 4 is 33.7 Å². The van der Waals surface area contributed by atoms with Crippen LogP contribution in [0.5, 0.6) is 0 Å². The van der Waals surface area contributed by atoms with Gasteiger partial charge in [-0.1, -0.05) is 13.8 Å². The SMILES string of the molecule is CC(C)CC(N)C(=O)NS(=O)(=O)CC(=O)NC1(C(=O)O)C(O)CC2C(C(N)=O)=CN(C)CC21. The van der Waals surface area contributed by atoms with E-state index in [1.54, 1.807) is 25.6 Å². The van der Waals surface area contributed by atoms with Crippen LogP contribution < -0.4 is 21.5 Å². The average Bonchev–Trinajstić information content (AvgIpc) is 2.92. The number of aliphatic hydroxyl groups excluding tert-OH is 1. The van der Waals surface area contributed by atoms with Gasteiger partial charge < -0.3 is 31.9 Å². The number of aliphatic carboxylic acids is 1. The number of hydrogen-bond donors (Lipinski definition) is 6. The maximum atomic E-state index is 12.6. The van der Waals surface area contributed by atoms with Gasteiger partial charge in [-0.3, -0.25) is 19.1 Å². The lowest BCUT2D eigenvalue weighted by atomic mass is 9.77. The smallest absolute Gasteiger partial charge is 0.332 e. The van der Waals surface area contributed by atoms with E-state index < -0.39 is 69.0 Å². The van der Waals surface area contributed by atoms with E-state index >= 15 is 0 Å². The number of carbonyl (C=O) groups is 4. The number of primary amides is 1. The zero-order valence-corrected chi connectivity index (χ0v) is 19.5. The number of fused-ring (bicyclic) bond motifs is 1. The number of rotatable bonds is 9. The van der Waals surface area contributed by atoms with Crippen molar-refractivity contribution in [3.63, 3.8) is 0 Å². The van der Waals surface area contributed by atoms with E-state index in [4.69, 9.17) is 11.5 Å². The minimum absolute atomic E-state index is 0.0249. The number of nitrogens with two attached hydrogens (primary N) is 2. The summed E-state index contributed by atoms with van der Waals surface area (Å²) in [5.41, 5.74) is 8.89. The Hall–Kier alpha value is -2.71. The molecule has 14 heteroatoms. The molecule has 0 spiro atoms. The van der Waals surface area contributed by atoms with Crippen LogP contribution in [-0.2, 0) is 29.2 Å². The Morgan fingerprint density at radius 2 is 1.91 bits per heavy atom. The van der Waals surface area contributed by atoms with Gasteiger partial charge in [-0.05, 0) is 18.8 Å². The van der Waals surface area contributed by atoms with Crippen LogP contribution in [0.25, 0.3) is 0 Å². The highest BCUT2D eigenvalue weighted by Gasteiger charge is 2.63. The predicted octanol–water partition coefficient (Wildman–Crippen LogP) is -2.94. The minimum atomic E-state index is -4.50. The van der Waals surface area contributed by atoms with Crippen molar-refractivity contribution < 1.29 is 37.8 Å². The third-order valence-corrected chi connectivity index (χ3v) is 7.10. The molecule has 1 saturated carbocycles. The number of sulfonamides is 1. The van der Waals surface area contributed by atoms with Gasteiger partial charge in [0.05, 0.1) is 12.1 Å². The second-order valence-corrected chi connectivity index (χ2v) is 10.8. The second-order valence-electron chi connectivity index (χ2n) is 9.04. The molecule has 0 bridgehead atoms. The molecule has 2 aliphatic rings. The average molecular weight is 490 g/mol. The van der Waals surface area contributed by atoms with Crippen LogP contribution in [0.2, 0.25) is 0 Å². The molecular formula is C19H31N5O8S. The first kappa shape index (κ1) is 26.5. The first-order valence-corrected chi connectivity index (χ1v) is 12.0. The third-order valence-electron chi connectivity index (χ3n) is 5.94. The van der Waals surface area contributed by atoms with Crippen molar-refractivity contribution in [1.29, 1.82) is 0 Å². The molecular weight excluding hydrogens is 458 g/mol. The molecule has 8 N–H and O–H groups in total. The van der Waals surface area contributed by atoms with E-state index in [2.05, 4.69) is 5.32 Å². The van der Waals surface area contributed by atoms with E-state index in [0.717, 1.165) is 0 Å². The maximum absolute atomic E-state index is 12.6. The largest absolute Gasteiger partial charge is 0.479 e. The standard InChI is InChI=1S/C19H31N5O8S/c1-9(2)4-13(20)17(28)23-33(31,32)8-15(26)22-19(18(29)30)12-7-24(3)6-11(16(21)27)10(12)5-14(19)25/h6,9-10,12-14,25H,4-5,7-8,20H2,1-3H3,(H2,21,27)(H,22,26)(H,23,28)(H,29,30). The van der Waals surface area contributed by atoms with E-state index in [1.807, 2.05) is 0 Å². The zero-order valence-electron chi connectivity index (χ0n) is 18.6. The number of amides is 3. The third kappa shape index (κ3) is 5.62. The van der Waals surface area contributed by atoms with Gasteiger partial charge in [0.25, 0.3) is 0 Å². The van der Waals surface area contributed by atoms with Gasteiger partial charge in [0.15, 0.2) is 5.54 Å². The molecule has 5 atom stereocenters. The summed E-state index contributed by atoms with van der Waals surface area (Å²) in [6.07, 6.45) is -0.127. The van der Waals surface area contributed by atoms with Gasteiger partial charge in [-0.2, -0.15) is 0 Å². The number of carbonyl (C=O) groups excluding carboxylic acids is 3. The predicted molar refractivity (Wildman–Crippen MR) is 115 cm³/mol. The Morgan fingerprint density at radius 1 is 1.30 bits per heavy atom. The molecule has 1 aliphatic heterocycles. The summed E-state index contributed by atoms with van der Waals surface area (Å²) >= 11 is 0. The number of nitrogens with one attached hydrogen (secondary N) is 2. The van der Waals surface area contributed by atoms with Crippen molar-refractivity contribution in [2.24, 2.45) is 29.2 Å². The van der Waals surface area contributed by atoms with Gasteiger partial charge >= 0.3 is 5.97 Å². The summed E-state index contributed by atoms with van der Waals surface area (Å²) in [6.45, 7) is 3.64. The minimum Gasteiger partial charge on any atom is -0.479 e. The fourth-order valence-corrected chi connectivity index (χ4v) is 5.51. The summed E-state index contributed by atoms with van der Waals surface area (Å²) in [5, 5.41) is 22.8. The Balaban J connectivity index is 2.23. The first-order valence-electron chi connectivity index (χ1n) is 10.3. The fourth-order valence-electron chi connectivity index (χ4n) is 4.56. The number of nitrogens with zero attached hydrogens (tertiary/aromatic N) is 1. The lowest BCUT2D eigenvalue weighted by molar-refractivity contribution is -0.154. The summed E-state index contributed by atoms with van der Waals surface area (Å²) in [5.74, 6) is -7.57. The lowest BCUT2D eigenvalue weighted by Crippen LogP contribution is -2.66. The molecule has 33 heavy (non-hydrogen) atoms. The number of carboxylic acid groups (broad SMARTS) is 1. The number of aliphatic hydroxyl groups is 1. The molecule has 2 rings (SSSR count). The van der Waals surface area contributed by atoms with Crippen LogP contribution in [0.4, 0.5) is 0 Å². The van der Waals surface area contributed by atoms with Crippen LogP contribution in [0.15, 0.2) is 11.8 Å². The van der Waals surface area contributed by atoms with Crippen molar-refractivity contribution in [3.05, 3.63) is 11.8 Å². The summed E-state index contributed by atoms with van der Waals surface area (Å²) < 4.78 is 26.3. The Kier molecular flexibility index (Phi) is 7.76. The van der Waals surface area contributed by atoms with E-state index in [1.165, 1.54) is 11.1 Å². The van der Waals surface area contributed by atoms with Crippen molar-refractivity contribution in [2.45, 2.75) is 44.4 Å². The van der Waals surface area contributed by atoms with Crippen LogP contribution in [0.1, 0.15) is 26.7 Å². The molecule has 0 aromatic carbocycles. The molecule has 5 unspecified atom stereocenters. The van der Waals surface area contributed by atoms with E-state index in [-0.39, 0.29) is 30.9 Å². The highest BCUT2D eigenvalue weighted by Crippen LogP contribution is 2.46. The van der Waals surface area contributed by atoms with Crippen molar-refractivity contribution in [3.8, 4) is 0 Å². The van der Waals surface area contributed by atoms with Crippen molar-refractivity contribution in [1.82, 2.24) is 14.9 Å². The fraction of sp³-hybridized carbons (Fsp3) is 0.684. The van der Waals surface area contributed by atoms with Gasteiger partial charge in [0.1, 0.15) is 5.75 Å². The van der Waals surface area contributed by atoms with Gasteiger partial charge in [-0.15, -0.1) is 0 Å². The molecule has 0 radical (unpaired) electrons. The summed E-state index contributed by atoms with van der Waals surface area (Å²) in [4.78, 5) is 50.3. The molecule has 0 aromatic rings. The topological polar surface area (TPSA) is 222 Å². The monoisotopic (exact) mass is 489 g/mol. The molecule has 1 heterocycles. The van der Waals surface area contributed by atoms with Crippen LogP contribution in [0.3, 0.4) is 0 Å². The van der Waals surface area contributed by atoms with Crippen LogP contribution >= 0.6 is 0 Å². The highest BCUT2D eigenvalue weighted by molar-refractivity contribution is 7.90. The Labute approximate surface area is 191 Å². The van der Waals surface area contributed by atoms with Gasteiger partial charge in [-0.25, -0.2) is 13.2 Å². The molecule has 186 valence electrons. The van der Waals surface area contributed by atoms with E-state index in [0.29, 0.717) is 0 Å². The lowest BCUT2D eigenvalue weighted by Gasteiger charge is -2.40. The zero-order chi connectivity index (χ0) is 25.3. The van der Waals surface area contributed by atoms with Crippen LogP contribution in [0, 0.1) is 17.8 Å². The number of hydrogen-bond acceptors (Lipinski definition) is 9. The quantitative estimate of drug-likeness (QED) is 0.193. The highest BCUT2D eigenvalue weighted by atomic mass is 32.2. The molecule has 1 aliphatic carbocycles. The van der Waals surface area contributed by atoms with E-state index in [9.17, 15) is 37.8 Å². The molecule has 0 aromatic heterocycles. The summed E-state index contributed by atoms with van der Waals surface area (Å²) in [6, 6.07) is -1.11. The molecule has 1 fully saturated rings. The maximum Gasteiger partial charge on any atom is 0.332 e. The molecule has 0 saturated heterocycles. The Morgan fingerprint density at radius 3 is 2.42 bits per heavy atom. The first-order chi connectivity index (χ1) is 15.1. The normalized spacial score (nSPS) is 28.0. The van der Waals surface area contributed by atoms with Gasteiger partial charge in [0.2, 0.25) is 27.7 Å². The van der Waals surface area contributed by atoms with Gasteiger partial charge in [0, 0.05) is 37.2 Å². The number of carboxylic acids is 1. The summed E-state index contributed by atoms with van der Waals surface area (Å²) in [7, 11) is -2.93. The van der Waals surface area contributed by atoms with Crippen molar-refractivity contribution in [2.75, 3.05) is 19.3 Å². The molecule has 3 amide bonds. The molecule has 13 nitrogen and oxygen atoms in total.